The van der Waals surface area contributed by atoms with Crippen LogP contribution in [0.15, 0.2) is 41.4 Å². The van der Waals surface area contributed by atoms with Crippen molar-refractivity contribution >= 4 is 38.9 Å². The van der Waals surface area contributed by atoms with Crippen LogP contribution in [0, 0.1) is 10.1 Å². The lowest BCUT2D eigenvalue weighted by Gasteiger charge is -2.07. The molecule has 106 valence electrons. The minimum absolute atomic E-state index is 0.0416. The average molecular weight is 370 g/mol. The lowest BCUT2D eigenvalue weighted by atomic mass is 10.3. The highest BCUT2D eigenvalue weighted by molar-refractivity contribution is 9.10. The van der Waals surface area contributed by atoms with E-state index in [0.717, 1.165) is 0 Å². The van der Waals surface area contributed by atoms with Gasteiger partial charge in [-0.15, -0.1) is 0 Å². The Morgan fingerprint density at radius 3 is 3.00 bits per heavy atom. The minimum atomic E-state index is -0.568. The van der Waals surface area contributed by atoms with Crippen LogP contribution in [0.4, 0.5) is 5.69 Å². The predicted molar refractivity (Wildman–Crippen MR) is 78.9 cm³/mol. The number of ether oxygens (including phenoxy) is 1. The van der Waals surface area contributed by atoms with Gasteiger partial charge in [-0.1, -0.05) is 11.6 Å². The summed E-state index contributed by atoms with van der Waals surface area (Å²) in [7, 11) is 0. The van der Waals surface area contributed by atoms with Crippen molar-refractivity contribution in [3.8, 4) is 11.6 Å². The second-order valence-electron chi connectivity index (χ2n) is 4.00. The first-order valence-corrected chi connectivity index (χ1v) is 6.82. The minimum Gasteiger partial charge on any atom is -0.428 e. The molecule has 0 fully saturated rings. The Balaban J connectivity index is 2.10. The molecule has 0 aliphatic rings. The first-order chi connectivity index (χ1) is 10.0. The molecule has 0 saturated carbocycles. The Morgan fingerprint density at radius 1 is 1.43 bits per heavy atom. The predicted octanol–water partition coefficient (Wildman–Crippen LogP) is 3.85. The van der Waals surface area contributed by atoms with Gasteiger partial charge in [0.25, 0.3) is 5.88 Å². The van der Waals surface area contributed by atoms with E-state index in [1.54, 1.807) is 23.0 Å². The van der Waals surface area contributed by atoms with Crippen LogP contribution < -0.4 is 4.74 Å². The van der Waals surface area contributed by atoms with E-state index >= 15 is 0 Å². The second-order valence-corrected chi connectivity index (χ2v) is 5.25. The van der Waals surface area contributed by atoms with Gasteiger partial charge in [-0.25, -0.2) is 9.97 Å². The molecule has 0 atom stereocenters. The van der Waals surface area contributed by atoms with Crippen molar-refractivity contribution in [2.45, 2.75) is 0 Å². The smallest absolute Gasteiger partial charge is 0.313 e. The summed E-state index contributed by atoms with van der Waals surface area (Å²) in [6, 6.07) is 4.14. The quantitative estimate of drug-likeness (QED) is 0.517. The van der Waals surface area contributed by atoms with Crippen molar-refractivity contribution < 1.29 is 9.66 Å². The van der Waals surface area contributed by atoms with E-state index in [-0.39, 0.29) is 22.3 Å². The number of hydrogen-bond donors (Lipinski definition) is 0. The highest BCUT2D eigenvalue weighted by Crippen LogP contribution is 2.34. The maximum atomic E-state index is 11.1. The van der Waals surface area contributed by atoms with E-state index in [1.165, 1.54) is 18.2 Å². The van der Waals surface area contributed by atoms with Crippen LogP contribution in [-0.2, 0) is 0 Å². The number of rotatable bonds is 3. The van der Waals surface area contributed by atoms with Crippen LogP contribution in [0.3, 0.4) is 0 Å². The van der Waals surface area contributed by atoms with Gasteiger partial charge >= 0.3 is 5.69 Å². The van der Waals surface area contributed by atoms with Crippen molar-refractivity contribution in [1.82, 2.24) is 14.4 Å². The maximum absolute atomic E-state index is 11.1. The molecule has 0 unspecified atom stereocenters. The van der Waals surface area contributed by atoms with Crippen LogP contribution in [0.5, 0.6) is 11.6 Å². The third kappa shape index (κ3) is 2.67. The molecule has 9 heteroatoms. The van der Waals surface area contributed by atoms with E-state index < -0.39 is 4.92 Å². The van der Waals surface area contributed by atoms with Gasteiger partial charge in [0.05, 0.1) is 4.92 Å². The number of nitro groups is 1. The SMILES string of the molecule is O=[N+]([O-])c1cc(Cl)ccc1Oc1nc(Br)cn2ccnc12. The van der Waals surface area contributed by atoms with E-state index in [0.29, 0.717) is 10.3 Å². The number of aromatic nitrogens is 3. The van der Waals surface area contributed by atoms with Crippen LogP contribution in [-0.4, -0.2) is 19.3 Å². The molecule has 0 amide bonds. The molecule has 0 aliphatic carbocycles. The van der Waals surface area contributed by atoms with Gasteiger partial charge in [0.1, 0.15) is 4.60 Å². The van der Waals surface area contributed by atoms with Crippen molar-refractivity contribution in [2.75, 3.05) is 0 Å². The highest BCUT2D eigenvalue weighted by atomic mass is 79.9. The number of imidazole rings is 1. The van der Waals surface area contributed by atoms with Gasteiger partial charge in [-0.05, 0) is 28.1 Å². The van der Waals surface area contributed by atoms with E-state index in [9.17, 15) is 10.1 Å². The normalized spacial score (nSPS) is 10.8. The Bertz CT molecular complexity index is 852. The molecule has 21 heavy (non-hydrogen) atoms. The zero-order valence-electron chi connectivity index (χ0n) is 10.2. The van der Waals surface area contributed by atoms with Crippen molar-refractivity contribution in [2.24, 2.45) is 0 Å². The van der Waals surface area contributed by atoms with Gasteiger partial charge in [0.15, 0.2) is 0 Å². The molecule has 0 saturated heterocycles. The van der Waals surface area contributed by atoms with Gasteiger partial charge in [-0.2, -0.15) is 0 Å². The molecule has 0 radical (unpaired) electrons. The zero-order valence-corrected chi connectivity index (χ0v) is 12.6. The average Bonchev–Trinajstić information content (AvgIpc) is 2.88. The fraction of sp³-hybridized carbons (Fsp3) is 0. The molecular weight excluding hydrogens is 364 g/mol. The Hall–Kier alpha value is -2.19. The highest BCUT2D eigenvalue weighted by Gasteiger charge is 2.19. The molecule has 2 aromatic heterocycles. The number of nitrogens with zero attached hydrogens (tertiary/aromatic N) is 4. The maximum Gasteiger partial charge on any atom is 0.313 e. The Labute approximate surface area is 131 Å². The number of hydrogen-bond acceptors (Lipinski definition) is 5. The lowest BCUT2D eigenvalue weighted by Crippen LogP contribution is -1.98. The number of nitro benzene ring substituents is 1. The molecule has 0 bridgehead atoms. The number of fused-ring (bicyclic) bond motifs is 1. The standard InChI is InChI=1S/C12H6BrClN4O3/c13-10-6-17-4-3-15-11(17)12(16-10)21-9-2-1-7(14)5-8(9)18(19)20/h1-6H. The lowest BCUT2D eigenvalue weighted by molar-refractivity contribution is -0.385. The van der Waals surface area contributed by atoms with Crippen molar-refractivity contribution in [3.05, 3.63) is 56.5 Å². The summed E-state index contributed by atoms with van der Waals surface area (Å²) in [5, 5.41) is 11.3. The Morgan fingerprint density at radius 2 is 2.24 bits per heavy atom. The monoisotopic (exact) mass is 368 g/mol. The van der Waals surface area contributed by atoms with Crippen LogP contribution in [0.2, 0.25) is 5.02 Å². The topological polar surface area (TPSA) is 82.6 Å². The van der Waals surface area contributed by atoms with Crippen molar-refractivity contribution in [3.63, 3.8) is 0 Å². The molecule has 0 N–H and O–H groups in total. The van der Waals surface area contributed by atoms with Gasteiger partial charge in [0, 0.05) is 29.7 Å². The summed E-state index contributed by atoms with van der Waals surface area (Å²) in [6.07, 6.45) is 4.99. The molecule has 1 aromatic carbocycles. The third-order valence-electron chi connectivity index (χ3n) is 2.64. The summed E-state index contributed by atoms with van der Waals surface area (Å²) in [5.74, 6) is 0.194. The second kappa shape index (κ2) is 5.30. The summed E-state index contributed by atoms with van der Waals surface area (Å²) in [4.78, 5) is 18.7. The Kier molecular flexibility index (Phi) is 3.48. The molecule has 3 aromatic rings. The van der Waals surface area contributed by atoms with Crippen LogP contribution in [0.25, 0.3) is 5.65 Å². The molecule has 7 nitrogen and oxygen atoms in total. The first kappa shape index (κ1) is 13.8. The number of halogens is 2. The molecular formula is C12H6BrClN4O3. The van der Waals surface area contributed by atoms with E-state index in [4.69, 9.17) is 16.3 Å². The fourth-order valence-electron chi connectivity index (χ4n) is 1.77. The van der Waals surface area contributed by atoms with E-state index in [2.05, 4.69) is 25.9 Å². The summed E-state index contributed by atoms with van der Waals surface area (Å²) < 4.78 is 7.76. The van der Waals surface area contributed by atoms with Gasteiger partial charge in [0.2, 0.25) is 11.4 Å². The molecule has 3 rings (SSSR count). The molecule has 2 heterocycles. The van der Waals surface area contributed by atoms with Gasteiger partial charge in [-0.3, -0.25) is 14.5 Å². The summed E-state index contributed by atoms with van der Waals surface area (Å²) in [6.45, 7) is 0. The molecule has 0 spiro atoms. The molecule has 0 aliphatic heterocycles. The summed E-state index contributed by atoms with van der Waals surface area (Å²) in [5.41, 5.74) is 0.205. The zero-order chi connectivity index (χ0) is 15.0. The van der Waals surface area contributed by atoms with Crippen LogP contribution >= 0.6 is 27.5 Å². The summed E-state index contributed by atoms with van der Waals surface area (Å²) >= 11 is 9.01. The van der Waals surface area contributed by atoms with E-state index in [1.807, 2.05) is 0 Å². The third-order valence-corrected chi connectivity index (χ3v) is 3.26. The van der Waals surface area contributed by atoms with Crippen molar-refractivity contribution in [1.29, 1.82) is 0 Å². The largest absolute Gasteiger partial charge is 0.428 e. The number of benzene rings is 1. The fourth-order valence-corrected chi connectivity index (χ4v) is 2.31. The van der Waals surface area contributed by atoms with Gasteiger partial charge < -0.3 is 4.74 Å². The van der Waals surface area contributed by atoms with Crippen LogP contribution in [0.1, 0.15) is 0 Å². The first-order valence-electron chi connectivity index (χ1n) is 5.65.